The molecule has 0 aliphatic rings. The molecule has 19 heavy (non-hydrogen) atoms. The van der Waals surface area contributed by atoms with Gasteiger partial charge < -0.3 is 20.1 Å². The molecule has 0 spiro atoms. The van der Waals surface area contributed by atoms with Gasteiger partial charge in [-0.2, -0.15) is 0 Å². The monoisotopic (exact) mass is 266 g/mol. The molecule has 1 aromatic rings. The van der Waals surface area contributed by atoms with Crippen LogP contribution in [0.15, 0.2) is 24.3 Å². The van der Waals surface area contributed by atoms with E-state index in [1.54, 1.807) is 24.3 Å². The summed E-state index contributed by atoms with van der Waals surface area (Å²) in [6.07, 6.45) is -0.575. The largest absolute Gasteiger partial charge is 0.494 e. The Morgan fingerprint density at radius 1 is 1.47 bits per heavy atom. The van der Waals surface area contributed by atoms with Gasteiger partial charge in [0.15, 0.2) is 0 Å². The lowest BCUT2D eigenvalue weighted by molar-refractivity contribution is 0.0892. The van der Waals surface area contributed by atoms with Gasteiger partial charge in [-0.15, -0.1) is 0 Å². The van der Waals surface area contributed by atoms with E-state index >= 15 is 0 Å². The van der Waals surface area contributed by atoms with Crippen LogP contribution in [0.3, 0.4) is 0 Å². The van der Waals surface area contributed by atoms with Crippen molar-refractivity contribution in [2.24, 2.45) is 0 Å². The van der Waals surface area contributed by atoms with Crippen molar-refractivity contribution in [1.29, 1.82) is 0 Å². The third-order valence-corrected chi connectivity index (χ3v) is 2.48. The SMILES string of the molecule is CCOc1cccc(C(=O)NCC(O)CN(C)C)c1. The van der Waals surface area contributed by atoms with Crippen molar-refractivity contribution in [2.75, 3.05) is 33.8 Å². The lowest BCUT2D eigenvalue weighted by Crippen LogP contribution is -2.37. The number of ether oxygens (including phenoxy) is 1. The smallest absolute Gasteiger partial charge is 0.251 e. The first-order chi connectivity index (χ1) is 9.02. The quantitative estimate of drug-likeness (QED) is 0.764. The van der Waals surface area contributed by atoms with Crippen LogP contribution < -0.4 is 10.1 Å². The van der Waals surface area contributed by atoms with Gasteiger partial charge >= 0.3 is 0 Å². The molecule has 0 bridgehead atoms. The van der Waals surface area contributed by atoms with Crippen molar-refractivity contribution in [3.8, 4) is 5.75 Å². The number of nitrogens with one attached hydrogen (secondary N) is 1. The van der Waals surface area contributed by atoms with Crippen molar-refractivity contribution < 1.29 is 14.6 Å². The third kappa shape index (κ3) is 5.72. The van der Waals surface area contributed by atoms with E-state index in [-0.39, 0.29) is 12.5 Å². The van der Waals surface area contributed by atoms with Crippen LogP contribution >= 0.6 is 0 Å². The molecule has 106 valence electrons. The summed E-state index contributed by atoms with van der Waals surface area (Å²) >= 11 is 0. The second-order valence-corrected chi connectivity index (χ2v) is 4.59. The fraction of sp³-hybridized carbons (Fsp3) is 0.500. The van der Waals surface area contributed by atoms with Crippen LogP contribution in [0.2, 0.25) is 0 Å². The number of likely N-dealkylation sites (N-methyl/N-ethyl adjacent to an activating group) is 1. The predicted molar refractivity (Wildman–Crippen MR) is 74.5 cm³/mol. The number of amides is 1. The Morgan fingerprint density at radius 2 is 2.21 bits per heavy atom. The van der Waals surface area contributed by atoms with Crippen molar-refractivity contribution in [2.45, 2.75) is 13.0 Å². The average Bonchev–Trinajstić information content (AvgIpc) is 2.36. The number of nitrogens with zero attached hydrogens (tertiary/aromatic N) is 1. The van der Waals surface area contributed by atoms with Gasteiger partial charge in [0.05, 0.1) is 12.7 Å². The second kappa shape index (κ2) is 7.76. The number of hydrogen-bond donors (Lipinski definition) is 2. The van der Waals surface area contributed by atoms with E-state index in [0.717, 1.165) is 0 Å². The number of carbonyl (C=O) groups excluding carboxylic acids is 1. The number of aliphatic hydroxyl groups excluding tert-OH is 1. The molecular weight excluding hydrogens is 244 g/mol. The van der Waals surface area contributed by atoms with Gasteiger partial charge in [-0.25, -0.2) is 0 Å². The lowest BCUT2D eigenvalue weighted by atomic mass is 10.2. The van der Waals surface area contributed by atoms with Crippen molar-refractivity contribution in [3.63, 3.8) is 0 Å². The summed E-state index contributed by atoms with van der Waals surface area (Å²) in [7, 11) is 3.74. The Morgan fingerprint density at radius 3 is 2.84 bits per heavy atom. The van der Waals surface area contributed by atoms with Gasteiger partial charge in [0, 0.05) is 18.7 Å². The minimum absolute atomic E-state index is 0.209. The minimum atomic E-state index is -0.575. The van der Waals surface area contributed by atoms with Gasteiger partial charge in [0.25, 0.3) is 5.91 Å². The van der Waals surface area contributed by atoms with E-state index < -0.39 is 6.10 Å². The first kappa shape index (κ1) is 15.5. The molecule has 1 atom stereocenters. The number of rotatable bonds is 7. The minimum Gasteiger partial charge on any atom is -0.494 e. The van der Waals surface area contributed by atoms with Crippen LogP contribution in [0.5, 0.6) is 5.75 Å². The highest BCUT2D eigenvalue weighted by molar-refractivity contribution is 5.94. The summed E-state index contributed by atoms with van der Waals surface area (Å²) in [5, 5.41) is 12.4. The Bertz CT molecular complexity index is 407. The molecule has 0 saturated carbocycles. The maximum absolute atomic E-state index is 11.9. The van der Waals surface area contributed by atoms with E-state index in [9.17, 15) is 9.90 Å². The summed E-state index contributed by atoms with van der Waals surface area (Å²) in [5.41, 5.74) is 0.531. The maximum atomic E-state index is 11.9. The fourth-order valence-corrected chi connectivity index (χ4v) is 1.69. The van der Waals surface area contributed by atoms with Crippen molar-refractivity contribution >= 4 is 5.91 Å². The van der Waals surface area contributed by atoms with E-state index in [0.29, 0.717) is 24.5 Å². The first-order valence-electron chi connectivity index (χ1n) is 6.36. The summed E-state index contributed by atoms with van der Waals surface area (Å²) in [4.78, 5) is 13.8. The highest BCUT2D eigenvalue weighted by Crippen LogP contribution is 2.13. The maximum Gasteiger partial charge on any atom is 0.251 e. The zero-order chi connectivity index (χ0) is 14.3. The van der Waals surface area contributed by atoms with Crippen LogP contribution in [-0.4, -0.2) is 55.8 Å². The third-order valence-electron chi connectivity index (χ3n) is 2.48. The van der Waals surface area contributed by atoms with Gasteiger partial charge in [-0.3, -0.25) is 4.79 Å². The molecule has 1 unspecified atom stereocenters. The molecule has 0 radical (unpaired) electrons. The molecule has 1 rings (SSSR count). The molecule has 0 aromatic heterocycles. The first-order valence-corrected chi connectivity index (χ1v) is 6.36. The van der Waals surface area contributed by atoms with E-state index in [4.69, 9.17) is 4.74 Å². The standard InChI is InChI=1S/C14H22N2O3/c1-4-19-13-7-5-6-11(8-13)14(18)15-9-12(17)10-16(2)3/h5-8,12,17H,4,9-10H2,1-3H3,(H,15,18). The van der Waals surface area contributed by atoms with Crippen LogP contribution in [0.1, 0.15) is 17.3 Å². The van der Waals surface area contributed by atoms with Gasteiger partial charge in [-0.1, -0.05) is 6.07 Å². The predicted octanol–water partition coefficient (Wildman–Crippen LogP) is 0.738. The highest BCUT2D eigenvalue weighted by Gasteiger charge is 2.10. The molecule has 1 amide bonds. The van der Waals surface area contributed by atoms with Crippen molar-refractivity contribution in [3.05, 3.63) is 29.8 Å². The normalized spacial score (nSPS) is 12.3. The zero-order valence-corrected chi connectivity index (χ0v) is 11.7. The van der Waals surface area contributed by atoms with Gasteiger partial charge in [0.2, 0.25) is 0 Å². The Balaban J connectivity index is 2.51. The van der Waals surface area contributed by atoms with E-state index in [2.05, 4.69) is 5.32 Å². The molecule has 0 aliphatic carbocycles. The molecule has 0 aliphatic heterocycles. The van der Waals surface area contributed by atoms with Crippen LogP contribution in [-0.2, 0) is 0 Å². The Kier molecular flexibility index (Phi) is 6.32. The van der Waals surface area contributed by atoms with Gasteiger partial charge in [-0.05, 0) is 39.2 Å². The highest BCUT2D eigenvalue weighted by atomic mass is 16.5. The average molecular weight is 266 g/mol. The van der Waals surface area contributed by atoms with E-state index in [1.807, 2.05) is 25.9 Å². The van der Waals surface area contributed by atoms with Crippen LogP contribution in [0.25, 0.3) is 0 Å². The zero-order valence-electron chi connectivity index (χ0n) is 11.7. The second-order valence-electron chi connectivity index (χ2n) is 4.59. The van der Waals surface area contributed by atoms with Crippen LogP contribution in [0.4, 0.5) is 0 Å². The summed E-state index contributed by atoms with van der Waals surface area (Å²) in [5.74, 6) is 0.461. The topological polar surface area (TPSA) is 61.8 Å². The summed E-state index contributed by atoms with van der Waals surface area (Å²) in [6, 6.07) is 6.99. The molecule has 1 aromatic carbocycles. The molecule has 0 heterocycles. The molecule has 2 N–H and O–H groups in total. The number of benzene rings is 1. The fourth-order valence-electron chi connectivity index (χ4n) is 1.69. The lowest BCUT2D eigenvalue weighted by Gasteiger charge is -2.16. The molecular formula is C14H22N2O3. The van der Waals surface area contributed by atoms with Crippen LogP contribution in [0, 0.1) is 0 Å². The summed E-state index contributed by atoms with van der Waals surface area (Å²) < 4.78 is 5.34. The number of aliphatic hydroxyl groups is 1. The van der Waals surface area contributed by atoms with Crippen molar-refractivity contribution in [1.82, 2.24) is 10.2 Å². The number of hydrogen-bond acceptors (Lipinski definition) is 4. The van der Waals surface area contributed by atoms with Gasteiger partial charge in [0.1, 0.15) is 5.75 Å². The molecule has 0 fully saturated rings. The molecule has 5 heteroatoms. The van der Waals surface area contributed by atoms with E-state index in [1.165, 1.54) is 0 Å². The molecule has 5 nitrogen and oxygen atoms in total. The molecule has 0 saturated heterocycles. The summed E-state index contributed by atoms with van der Waals surface area (Å²) in [6.45, 7) is 3.20. The Labute approximate surface area is 114 Å². The number of carbonyl (C=O) groups is 1. The Hall–Kier alpha value is -1.59.